The van der Waals surface area contributed by atoms with Crippen LogP contribution in [0, 0.1) is 0 Å². The highest BCUT2D eigenvalue weighted by Gasteiger charge is 2.27. The largest absolute Gasteiger partial charge is 0.381 e. The van der Waals surface area contributed by atoms with Crippen LogP contribution < -0.4 is 0 Å². The minimum atomic E-state index is -0.101. The van der Waals surface area contributed by atoms with E-state index in [-0.39, 0.29) is 11.8 Å². The van der Waals surface area contributed by atoms with Gasteiger partial charge in [0, 0.05) is 30.8 Å². The van der Waals surface area contributed by atoms with Crippen molar-refractivity contribution in [2.24, 2.45) is 0 Å². The molecule has 0 aliphatic carbocycles. The molecule has 0 saturated carbocycles. The summed E-state index contributed by atoms with van der Waals surface area (Å²) in [6.45, 7) is 3.79. The van der Waals surface area contributed by atoms with Crippen LogP contribution in [0.4, 0.5) is 0 Å². The van der Waals surface area contributed by atoms with Gasteiger partial charge in [-0.1, -0.05) is 23.7 Å². The van der Waals surface area contributed by atoms with Gasteiger partial charge in [-0.15, -0.1) is 0 Å². The van der Waals surface area contributed by atoms with Gasteiger partial charge in [-0.25, -0.2) is 0 Å². The molecule has 4 heteroatoms. The summed E-state index contributed by atoms with van der Waals surface area (Å²) < 4.78 is 5.35. The van der Waals surface area contributed by atoms with Crippen LogP contribution in [0.3, 0.4) is 0 Å². The number of piperidine rings is 1. The number of ether oxygens (including phenoxy) is 1. The summed E-state index contributed by atoms with van der Waals surface area (Å²) in [5.74, 6) is 0.137. The zero-order valence-electron chi connectivity index (χ0n) is 11.4. The first-order chi connectivity index (χ1) is 9.11. The number of nitrogens with zero attached hydrogens (tertiary/aromatic N) is 1. The first kappa shape index (κ1) is 14.5. The Morgan fingerprint density at radius 1 is 1.42 bits per heavy atom. The van der Waals surface area contributed by atoms with Crippen molar-refractivity contribution in [1.29, 1.82) is 0 Å². The monoisotopic (exact) mass is 281 g/mol. The van der Waals surface area contributed by atoms with E-state index < -0.39 is 0 Å². The molecule has 0 bridgehead atoms. The molecule has 1 saturated heterocycles. The molecule has 1 aliphatic rings. The fraction of sp³-hybridized carbons (Fsp3) is 0.533. The van der Waals surface area contributed by atoms with Crippen LogP contribution in [0.15, 0.2) is 24.3 Å². The van der Waals surface area contributed by atoms with Crippen molar-refractivity contribution >= 4 is 17.4 Å². The lowest BCUT2D eigenvalue weighted by atomic mass is 10.0. The molecular formula is C15H20ClNO2. The Hall–Kier alpha value is -0.900. The van der Waals surface area contributed by atoms with E-state index in [1.54, 1.807) is 19.2 Å². The van der Waals surface area contributed by atoms with Crippen molar-refractivity contribution in [2.45, 2.75) is 31.9 Å². The van der Waals surface area contributed by atoms with Crippen molar-refractivity contribution in [3.8, 4) is 0 Å². The Morgan fingerprint density at radius 3 is 2.68 bits per heavy atom. The number of benzene rings is 1. The van der Waals surface area contributed by atoms with Crippen LogP contribution in [-0.2, 0) is 4.74 Å². The molecule has 3 nitrogen and oxygen atoms in total. The standard InChI is InChI=1S/C15H20ClNO2/c1-11(17-8-6-14(19-2)7-9-17)15(18)12-4-3-5-13(16)10-12/h3-5,10-11,14H,6-9H2,1-2H3. The van der Waals surface area contributed by atoms with Gasteiger partial charge in [-0.3, -0.25) is 9.69 Å². The summed E-state index contributed by atoms with van der Waals surface area (Å²) in [7, 11) is 1.75. The van der Waals surface area contributed by atoms with Crippen molar-refractivity contribution in [1.82, 2.24) is 4.90 Å². The molecule has 2 rings (SSSR count). The second-order valence-electron chi connectivity index (χ2n) is 5.02. The number of likely N-dealkylation sites (tertiary alicyclic amines) is 1. The fourth-order valence-electron chi connectivity index (χ4n) is 2.55. The van der Waals surface area contributed by atoms with Gasteiger partial charge < -0.3 is 4.74 Å². The fourth-order valence-corrected chi connectivity index (χ4v) is 2.74. The van der Waals surface area contributed by atoms with Crippen molar-refractivity contribution in [2.75, 3.05) is 20.2 Å². The molecule has 1 heterocycles. The third kappa shape index (κ3) is 3.56. The van der Waals surface area contributed by atoms with E-state index in [1.807, 2.05) is 19.1 Å². The highest BCUT2D eigenvalue weighted by molar-refractivity contribution is 6.31. The number of halogens is 1. The quantitative estimate of drug-likeness (QED) is 0.795. The SMILES string of the molecule is COC1CCN(C(C)C(=O)c2cccc(Cl)c2)CC1. The Balaban J connectivity index is 2.00. The molecule has 1 aromatic carbocycles. The molecule has 104 valence electrons. The average molecular weight is 282 g/mol. The number of rotatable bonds is 4. The van der Waals surface area contributed by atoms with Crippen molar-refractivity contribution < 1.29 is 9.53 Å². The minimum absolute atomic E-state index is 0.101. The van der Waals surface area contributed by atoms with Gasteiger partial charge in [-0.2, -0.15) is 0 Å². The van der Waals surface area contributed by atoms with Gasteiger partial charge >= 0.3 is 0 Å². The van der Waals surface area contributed by atoms with Crippen LogP contribution in [-0.4, -0.2) is 43.0 Å². The van der Waals surface area contributed by atoms with E-state index in [0.29, 0.717) is 16.7 Å². The molecule has 19 heavy (non-hydrogen) atoms. The lowest BCUT2D eigenvalue weighted by Crippen LogP contribution is -2.45. The Bertz CT molecular complexity index is 442. The molecular weight excluding hydrogens is 262 g/mol. The maximum absolute atomic E-state index is 12.4. The van der Waals surface area contributed by atoms with Crippen LogP contribution in [0.1, 0.15) is 30.1 Å². The highest BCUT2D eigenvalue weighted by atomic mass is 35.5. The van der Waals surface area contributed by atoms with Crippen LogP contribution >= 0.6 is 11.6 Å². The molecule has 1 fully saturated rings. The summed E-state index contributed by atoms with van der Waals surface area (Å²) in [4.78, 5) is 14.6. The van der Waals surface area contributed by atoms with Gasteiger partial charge in [0.15, 0.2) is 5.78 Å². The summed E-state index contributed by atoms with van der Waals surface area (Å²) in [6.07, 6.45) is 2.32. The predicted octanol–water partition coefficient (Wildman–Crippen LogP) is 3.02. The topological polar surface area (TPSA) is 29.5 Å². The molecule has 1 unspecified atom stereocenters. The number of methoxy groups -OCH3 is 1. The number of carbonyl (C=O) groups excluding carboxylic acids is 1. The summed E-state index contributed by atoms with van der Waals surface area (Å²) in [5.41, 5.74) is 0.689. The molecule has 0 radical (unpaired) electrons. The second kappa shape index (κ2) is 6.51. The van der Waals surface area contributed by atoms with E-state index in [4.69, 9.17) is 16.3 Å². The smallest absolute Gasteiger partial charge is 0.179 e. The third-order valence-corrected chi connectivity index (χ3v) is 4.08. The van der Waals surface area contributed by atoms with Gasteiger partial charge in [0.25, 0.3) is 0 Å². The van der Waals surface area contributed by atoms with Gasteiger partial charge in [0.1, 0.15) is 0 Å². The van der Waals surface area contributed by atoms with Crippen LogP contribution in [0.5, 0.6) is 0 Å². The van der Waals surface area contributed by atoms with Gasteiger partial charge in [0.2, 0.25) is 0 Å². The molecule has 0 amide bonds. The lowest BCUT2D eigenvalue weighted by molar-refractivity contribution is 0.0289. The zero-order chi connectivity index (χ0) is 13.8. The number of Topliss-reactive ketones (excluding diaryl/α,β-unsaturated/α-hetero) is 1. The Morgan fingerprint density at radius 2 is 2.11 bits per heavy atom. The van der Waals surface area contributed by atoms with Crippen molar-refractivity contribution in [3.05, 3.63) is 34.9 Å². The summed E-state index contributed by atoms with van der Waals surface area (Å²) in [5, 5.41) is 0.608. The lowest BCUT2D eigenvalue weighted by Gasteiger charge is -2.34. The van der Waals surface area contributed by atoms with E-state index in [9.17, 15) is 4.79 Å². The maximum atomic E-state index is 12.4. The normalized spacial score (nSPS) is 19.3. The van der Waals surface area contributed by atoms with Gasteiger partial charge in [-0.05, 0) is 31.9 Å². The Kier molecular flexibility index (Phi) is 4.97. The van der Waals surface area contributed by atoms with E-state index in [2.05, 4.69) is 4.90 Å². The van der Waals surface area contributed by atoms with Crippen LogP contribution in [0.2, 0.25) is 5.02 Å². The zero-order valence-corrected chi connectivity index (χ0v) is 12.2. The molecule has 1 aliphatic heterocycles. The average Bonchev–Trinajstić information content (AvgIpc) is 2.46. The number of carbonyl (C=O) groups is 1. The second-order valence-corrected chi connectivity index (χ2v) is 5.46. The van der Waals surface area contributed by atoms with E-state index in [1.165, 1.54) is 0 Å². The highest BCUT2D eigenvalue weighted by Crippen LogP contribution is 2.19. The van der Waals surface area contributed by atoms with Gasteiger partial charge in [0.05, 0.1) is 12.1 Å². The Labute approximate surface area is 119 Å². The molecule has 0 aromatic heterocycles. The molecule has 0 N–H and O–H groups in total. The molecule has 1 aromatic rings. The van der Waals surface area contributed by atoms with E-state index >= 15 is 0 Å². The summed E-state index contributed by atoms with van der Waals surface area (Å²) >= 11 is 5.93. The van der Waals surface area contributed by atoms with Crippen LogP contribution in [0.25, 0.3) is 0 Å². The first-order valence-corrected chi connectivity index (χ1v) is 7.06. The molecule has 0 spiro atoms. The predicted molar refractivity (Wildman–Crippen MR) is 76.8 cm³/mol. The first-order valence-electron chi connectivity index (χ1n) is 6.68. The van der Waals surface area contributed by atoms with E-state index in [0.717, 1.165) is 25.9 Å². The third-order valence-electron chi connectivity index (χ3n) is 3.85. The summed E-state index contributed by atoms with van der Waals surface area (Å²) in [6, 6.07) is 7.07. The van der Waals surface area contributed by atoms with Crippen molar-refractivity contribution in [3.63, 3.8) is 0 Å². The number of hydrogen-bond donors (Lipinski definition) is 0. The number of ketones is 1. The number of hydrogen-bond acceptors (Lipinski definition) is 3. The maximum Gasteiger partial charge on any atom is 0.179 e. The molecule has 1 atom stereocenters. The minimum Gasteiger partial charge on any atom is -0.381 e.